The maximum atomic E-state index is 4.14. The predicted molar refractivity (Wildman–Crippen MR) is 51.5 cm³/mol. The normalized spacial score (nSPS) is 11.3. The Bertz CT molecular complexity index is 403. The Balaban J connectivity index is 2.37. The topological polar surface area (TPSA) is 30.2 Å². The van der Waals surface area contributed by atoms with E-state index >= 15 is 0 Å². The molecule has 0 fully saturated rings. The molecule has 0 unspecified atom stereocenters. The average Bonchev–Trinajstić information content (AvgIpc) is 2.49. The third-order valence-electron chi connectivity index (χ3n) is 1.99. The fourth-order valence-electron chi connectivity index (χ4n) is 1.46. The first-order valence-corrected chi connectivity index (χ1v) is 4.54. The number of nitrogens with zero attached hydrogens (tertiary/aromatic N) is 3. The van der Waals surface area contributed by atoms with Gasteiger partial charge in [-0.15, -0.1) is 0 Å². The summed E-state index contributed by atoms with van der Waals surface area (Å²) < 4.78 is 1.78. The first-order valence-electron chi connectivity index (χ1n) is 4.54. The van der Waals surface area contributed by atoms with Crippen LogP contribution >= 0.6 is 0 Å². The van der Waals surface area contributed by atoms with Crippen molar-refractivity contribution in [1.82, 2.24) is 14.6 Å². The largest absolute Gasteiger partial charge is 0.221 e. The maximum absolute atomic E-state index is 4.14. The van der Waals surface area contributed by atoms with E-state index in [1.54, 1.807) is 10.8 Å². The van der Waals surface area contributed by atoms with Gasteiger partial charge in [0.1, 0.15) is 6.33 Å². The van der Waals surface area contributed by atoms with E-state index in [1.165, 1.54) is 5.56 Å². The van der Waals surface area contributed by atoms with Gasteiger partial charge in [-0.3, -0.25) is 0 Å². The number of aromatic nitrogens is 3. The molecule has 2 aromatic heterocycles. The van der Waals surface area contributed by atoms with Crippen LogP contribution in [0.4, 0.5) is 0 Å². The van der Waals surface area contributed by atoms with Crippen molar-refractivity contribution in [1.29, 1.82) is 0 Å². The van der Waals surface area contributed by atoms with Gasteiger partial charge in [0.15, 0.2) is 5.65 Å². The molecule has 0 atom stereocenters. The van der Waals surface area contributed by atoms with Crippen LogP contribution in [0.1, 0.15) is 19.4 Å². The molecule has 0 aliphatic carbocycles. The summed E-state index contributed by atoms with van der Waals surface area (Å²) in [6.07, 6.45) is 4.64. The summed E-state index contributed by atoms with van der Waals surface area (Å²) in [5.41, 5.74) is 2.26. The summed E-state index contributed by atoms with van der Waals surface area (Å²) in [5, 5.41) is 4.04. The standard InChI is InChI=1S/C10H13N3/c1-8(2)5-9-3-4-13-10(6-9)11-7-12-13/h3-4,6-8H,5H2,1-2H3. The molecule has 0 spiro atoms. The average molecular weight is 175 g/mol. The highest BCUT2D eigenvalue weighted by Gasteiger charge is 2.00. The minimum absolute atomic E-state index is 0.686. The SMILES string of the molecule is CC(C)Cc1ccn2ncnc2c1. The third-order valence-corrected chi connectivity index (χ3v) is 1.99. The second-order valence-electron chi connectivity index (χ2n) is 3.70. The molecule has 0 aliphatic rings. The lowest BCUT2D eigenvalue weighted by atomic mass is 10.0. The van der Waals surface area contributed by atoms with Crippen molar-refractivity contribution in [2.24, 2.45) is 5.92 Å². The van der Waals surface area contributed by atoms with Crippen LogP contribution in [0, 0.1) is 5.92 Å². The summed E-state index contributed by atoms with van der Waals surface area (Å²) in [6.45, 7) is 4.43. The molecule has 2 aromatic rings. The summed E-state index contributed by atoms with van der Waals surface area (Å²) in [7, 11) is 0. The van der Waals surface area contributed by atoms with Crippen LogP contribution in [0.3, 0.4) is 0 Å². The Labute approximate surface area is 77.4 Å². The van der Waals surface area contributed by atoms with Crippen molar-refractivity contribution in [3.63, 3.8) is 0 Å². The van der Waals surface area contributed by atoms with Gasteiger partial charge in [-0.2, -0.15) is 5.10 Å². The van der Waals surface area contributed by atoms with Crippen molar-refractivity contribution < 1.29 is 0 Å². The molecule has 0 aliphatic heterocycles. The Morgan fingerprint density at radius 3 is 3.08 bits per heavy atom. The van der Waals surface area contributed by atoms with Crippen LogP contribution in [0.25, 0.3) is 5.65 Å². The molecule has 0 N–H and O–H groups in total. The Hall–Kier alpha value is -1.38. The van der Waals surface area contributed by atoms with Gasteiger partial charge in [0, 0.05) is 6.20 Å². The summed E-state index contributed by atoms with van der Waals surface area (Å²) in [5.74, 6) is 0.686. The number of pyridine rings is 1. The van der Waals surface area contributed by atoms with Gasteiger partial charge in [0.05, 0.1) is 0 Å². The van der Waals surface area contributed by atoms with Crippen LogP contribution in [0.2, 0.25) is 0 Å². The van der Waals surface area contributed by atoms with E-state index in [9.17, 15) is 0 Å². The van der Waals surface area contributed by atoms with Crippen LogP contribution in [-0.2, 0) is 6.42 Å². The molecule has 2 rings (SSSR count). The zero-order chi connectivity index (χ0) is 9.26. The zero-order valence-electron chi connectivity index (χ0n) is 7.94. The van der Waals surface area contributed by atoms with E-state index in [1.807, 2.05) is 6.20 Å². The van der Waals surface area contributed by atoms with E-state index in [0.717, 1.165) is 12.1 Å². The Kier molecular flexibility index (Phi) is 2.00. The molecular formula is C10H13N3. The molecule has 3 heteroatoms. The highest BCUT2D eigenvalue weighted by Crippen LogP contribution is 2.09. The lowest BCUT2D eigenvalue weighted by Crippen LogP contribution is -1.95. The predicted octanol–water partition coefficient (Wildman–Crippen LogP) is 1.93. The van der Waals surface area contributed by atoms with Crippen LogP contribution in [-0.4, -0.2) is 14.6 Å². The van der Waals surface area contributed by atoms with Gasteiger partial charge in [-0.05, 0) is 30.0 Å². The molecule has 13 heavy (non-hydrogen) atoms. The Morgan fingerprint density at radius 2 is 2.31 bits per heavy atom. The van der Waals surface area contributed by atoms with E-state index in [0.29, 0.717) is 5.92 Å². The van der Waals surface area contributed by atoms with Crippen molar-refractivity contribution in [3.8, 4) is 0 Å². The smallest absolute Gasteiger partial charge is 0.155 e. The van der Waals surface area contributed by atoms with E-state index in [2.05, 4.69) is 36.1 Å². The molecule has 0 bridgehead atoms. The van der Waals surface area contributed by atoms with Crippen LogP contribution < -0.4 is 0 Å². The molecule has 3 nitrogen and oxygen atoms in total. The maximum Gasteiger partial charge on any atom is 0.155 e. The summed E-state index contributed by atoms with van der Waals surface area (Å²) in [4.78, 5) is 4.14. The molecule has 0 aromatic carbocycles. The van der Waals surface area contributed by atoms with Crippen molar-refractivity contribution in [2.75, 3.05) is 0 Å². The molecule has 68 valence electrons. The van der Waals surface area contributed by atoms with Gasteiger partial charge in [-0.25, -0.2) is 9.50 Å². The lowest BCUT2D eigenvalue weighted by Gasteiger charge is -2.03. The fraction of sp³-hybridized carbons (Fsp3) is 0.400. The highest BCUT2D eigenvalue weighted by atomic mass is 15.3. The minimum atomic E-state index is 0.686. The van der Waals surface area contributed by atoms with Gasteiger partial charge in [0.2, 0.25) is 0 Å². The number of hydrogen-bond acceptors (Lipinski definition) is 2. The van der Waals surface area contributed by atoms with Crippen molar-refractivity contribution in [3.05, 3.63) is 30.2 Å². The molecule has 0 saturated heterocycles. The van der Waals surface area contributed by atoms with Crippen molar-refractivity contribution >= 4 is 5.65 Å². The third kappa shape index (κ3) is 1.69. The number of hydrogen-bond donors (Lipinski definition) is 0. The monoisotopic (exact) mass is 175 g/mol. The molecule has 0 radical (unpaired) electrons. The fourth-order valence-corrected chi connectivity index (χ4v) is 1.46. The summed E-state index contributed by atoms with van der Waals surface area (Å²) in [6, 6.07) is 4.19. The lowest BCUT2D eigenvalue weighted by molar-refractivity contribution is 0.646. The first kappa shape index (κ1) is 8.23. The highest BCUT2D eigenvalue weighted by molar-refractivity contribution is 5.39. The van der Waals surface area contributed by atoms with Crippen molar-refractivity contribution in [2.45, 2.75) is 20.3 Å². The van der Waals surface area contributed by atoms with E-state index in [4.69, 9.17) is 0 Å². The molecular weight excluding hydrogens is 162 g/mol. The van der Waals surface area contributed by atoms with Gasteiger partial charge < -0.3 is 0 Å². The molecule has 0 amide bonds. The zero-order valence-corrected chi connectivity index (χ0v) is 7.94. The number of fused-ring (bicyclic) bond motifs is 1. The Morgan fingerprint density at radius 1 is 1.46 bits per heavy atom. The van der Waals surface area contributed by atoms with E-state index in [-0.39, 0.29) is 0 Å². The second kappa shape index (κ2) is 3.17. The molecule has 2 heterocycles. The van der Waals surface area contributed by atoms with Gasteiger partial charge in [0.25, 0.3) is 0 Å². The minimum Gasteiger partial charge on any atom is -0.221 e. The van der Waals surface area contributed by atoms with Crippen LogP contribution in [0.5, 0.6) is 0 Å². The van der Waals surface area contributed by atoms with Gasteiger partial charge >= 0.3 is 0 Å². The first-order chi connectivity index (χ1) is 6.25. The van der Waals surface area contributed by atoms with Gasteiger partial charge in [-0.1, -0.05) is 13.8 Å². The quantitative estimate of drug-likeness (QED) is 0.698. The second-order valence-corrected chi connectivity index (χ2v) is 3.70. The van der Waals surface area contributed by atoms with E-state index < -0.39 is 0 Å². The molecule has 0 saturated carbocycles. The number of rotatable bonds is 2. The summed E-state index contributed by atoms with van der Waals surface area (Å²) >= 11 is 0. The van der Waals surface area contributed by atoms with Crippen LogP contribution in [0.15, 0.2) is 24.7 Å².